The molecule has 0 aliphatic carbocycles. The van der Waals surface area contributed by atoms with Gasteiger partial charge in [-0.2, -0.15) is 0 Å². The molecule has 0 amide bonds. The summed E-state index contributed by atoms with van der Waals surface area (Å²) in [6.07, 6.45) is 2.63. The van der Waals surface area contributed by atoms with Gasteiger partial charge in [0.05, 0.1) is 18.8 Å². The number of rotatable bonds is 2. The van der Waals surface area contributed by atoms with Crippen molar-refractivity contribution >= 4 is 16.9 Å². The maximum Gasteiger partial charge on any atom is 0.339 e. The van der Waals surface area contributed by atoms with E-state index in [0.717, 1.165) is 17.3 Å². The lowest BCUT2D eigenvalue weighted by Crippen LogP contribution is -2.18. The van der Waals surface area contributed by atoms with Crippen molar-refractivity contribution in [1.82, 2.24) is 4.57 Å². The Hall–Kier alpha value is -1.81. The molecule has 0 radical (unpaired) electrons. The molecule has 2 aromatic rings. The van der Waals surface area contributed by atoms with Crippen LogP contribution in [0.2, 0.25) is 0 Å². The summed E-state index contributed by atoms with van der Waals surface area (Å²) in [5.74, 6) is -0.262. The van der Waals surface area contributed by atoms with Crippen LogP contribution in [-0.4, -0.2) is 29.9 Å². The van der Waals surface area contributed by atoms with Crippen LogP contribution in [0.15, 0.2) is 30.5 Å². The number of ether oxygens (including phenoxy) is 2. The normalized spacial score (nSPS) is 19.3. The lowest BCUT2D eigenvalue weighted by molar-refractivity contribution is 0.0273. The molecule has 0 spiro atoms. The summed E-state index contributed by atoms with van der Waals surface area (Å²) in [6.45, 7) is 1.18. The van der Waals surface area contributed by atoms with E-state index in [-0.39, 0.29) is 12.1 Å². The number of carbonyl (C=O) groups excluding carboxylic acids is 1. The second-order valence-corrected chi connectivity index (χ2v) is 4.56. The fourth-order valence-electron chi connectivity index (χ4n) is 2.30. The molecule has 1 unspecified atom stereocenters. The number of hydrogen-bond acceptors (Lipinski definition) is 3. The quantitative estimate of drug-likeness (QED) is 0.761. The summed E-state index contributed by atoms with van der Waals surface area (Å²) in [6, 6.07) is 7.62. The number of esters is 1. The molecule has 0 saturated carbocycles. The fourth-order valence-corrected chi connectivity index (χ4v) is 2.30. The number of benzene rings is 1. The summed E-state index contributed by atoms with van der Waals surface area (Å²) >= 11 is 0. The van der Waals surface area contributed by atoms with Crippen molar-refractivity contribution in [2.45, 2.75) is 12.5 Å². The summed E-state index contributed by atoms with van der Waals surface area (Å²) in [5.41, 5.74) is 1.66. The first-order chi connectivity index (χ1) is 8.75. The van der Waals surface area contributed by atoms with Crippen LogP contribution in [0.25, 0.3) is 10.9 Å². The molecule has 1 aromatic carbocycles. The SMILES string of the molecule is Cn1ccc2c(C(=O)OC3CCOC3)cccc21. The second kappa shape index (κ2) is 4.46. The number of fused-ring (bicyclic) bond motifs is 1. The fraction of sp³-hybridized carbons (Fsp3) is 0.357. The molecule has 4 nitrogen and oxygen atoms in total. The van der Waals surface area contributed by atoms with Crippen molar-refractivity contribution in [2.75, 3.05) is 13.2 Å². The molecule has 1 aromatic heterocycles. The van der Waals surface area contributed by atoms with Crippen LogP contribution >= 0.6 is 0 Å². The maximum absolute atomic E-state index is 12.1. The Morgan fingerprint density at radius 3 is 3.11 bits per heavy atom. The Labute approximate surface area is 105 Å². The van der Waals surface area contributed by atoms with E-state index in [2.05, 4.69) is 0 Å². The van der Waals surface area contributed by atoms with Gasteiger partial charge in [0.15, 0.2) is 0 Å². The van der Waals surface area contributed by atoms with Gasteiger partial charge in [0.2, 0.25) is 0 Å². The van der Waals surface area contributed by atoms with E-state index in [4.69, 9.17) is 9.47 Å². The van der Waals surface area contributed by atoms with Crippen molar-refractivity contribution in [2.24, 2.45) is 7.05 Å². The van der Waals surface area contributed by atoms with Crippen molar-refractivity contribution < 1.29 is 14.3 Å². The molecule has 0 N–H and O–H groups in total. The molecule has 1 atom stereocenters. The molecule has 2 heterocycles. The summed E-state index contributed by atoms with van der Waals surface area (Å²) in [4.78, 5) is 12.1. The zero-order chi connectivity index (χ0) is 12.5. The first-order valence-corrected chi connectivity index (χ1v) is 6.08. The van der Waals surface area contributed by atoms with Crippen LogP contribution < -0.4 is 0 Å². The molecule has 1 aliphatic rings. The van der Waals surface area contributed by atoms with Gasteiger partial charge < -0.3 is 14.0 Å². The van der Waals surface area contributed by atoms with Crippen LogP contribution in [0, 0.1) is 0 Å². The molecule has 94 valence electrons. The van der Waals surface area contributed by atoms with Gasteiger partial charge in [0, 0.05) is 30.6 Å². The van der Waals surface area contributed by atoms with Crippen molar-refractivity contribution in [3.8, 4) is 0 Å². The van der Waals surface area contributed by atoms with Crippen LogP contribution in [0.5, 0.6) is 0 Å². The lowest BCUT2D eigenvalue weighted by atomic mass is 10.1. The van der Waals surface area contributed by atoms with Crippen molar-refractivity contribution in [3.05, 3.63) is 36.0 Å². The molecule has 4 heteroatoms. The minimum absolute atomic E-state index is 0.100. The molecule has 3 rings (SSSR count). The average molecular weight is 245 g/mol. The highest BCUT2D eigenvalue weighted by atomic mass is 16.6. The Kier molecular flexibility index (Phi) is 2.80. The predicted octanol–water partition coefficient (Wildman–Crippen LogP) is 2.12. The van der Waals surface area contributed by atoms with E-state index >= 15 is 0 Å². The monoisotopic (exact) mass is 245 g/mol. The third kappa shape index (κ3) is 1.88. The van der Waals surface area contributed by atoms with Gasteiger partial charge in [-0.25, -0.2) is 4.79 Å². The Morgan fingerprint density at radius 1 is 1.44 bits per heavy atom. The summed E-state index contributed by atoms with van der Waals surface area (Å²) in [7, 11) is 1.96. The predicted molar refractivity (Wildman–Crippen MR) is 67.6 cm³/mol. The van der Waals surface area contributed by atoms with Crippen LogP contribution in [0.1, 0.15) is 16.8 Å². The van der Waals surface area contributed by atoms with E-state index < -0.39 is 0 Å². The Bertz CT molecular complexity index is 582. The third-order valence-electron chi connectivity index (χ3n) is 3.31. The number of aromatic nitrogens is 1. The number of hydrogen-bond donors (Lipinski definition) is 0. The highest BCUT2D eigenvalue weighted by Gasteiger charge is 2.22. The van der Waals surface area contributed by atoms with Gasteiger partial charge in [-0.05, 0) is 18.2 Å². The zero-order valence-electron chi connectivity index (χ0n) is 10.3. The smallest absolute Gasteiger partial charge is 0.339 e. The second-order valence-electron chi connectivity index (χ2n) is 4.56. The van der Waals surface area contributed by atoms with E-state index in [0.29, 0.717) is 18.8 Å². The van der Waals surface area contributed by atoms with Crippen LogP contribution in [0.4, 0.5) is 0 Å². The molecular formula is C14H15NO3. The maximum atomic E-state index is 12.1. The number of carbonyl (C=O) groups is 1. The van der Waals surface area contributed by atoms with E-state index in [1.54, 1.807) is 6.07 Å². The zero-order valence-corrected chi connectivity index (χ0v) is 10.3. The minimum Gasteiger partial charge on any atom is -0.456 e. The van der Waals surface area contributed by atoms with Crippen molar-refractivity contribution in [3.63, 3.8) is 0 Å². The number of nitrogens with zero attached hydrogens (tertiary/aromatic N) is 1. The largest absolute Gasteiger partial charge is 0.456 e. The number of aryl methyl sites for hydroxylation is 1. The molecule has 1 aliphatic heterocycles. The Balaban J connectivity index is 1.91. The first kappa shape index (κ1) is 11.3. The van der Waals surface area contributed by atoms with Crippen LogP contribution in [-0.2, 0) is 16.5 Å². The van der Waals surface area contributed by atoms with Gasteiger partial charge >= 0.3 is 5.97 Å². The topological polar surface area (TPSA) is 40.5 Å². The third-order valence-corrected chi connectivity index (χ3v) is 3.31. The Morgan fingerprint density at radius 2 is 2.33 bits per heavy atom. The van der Waals surface area contributed by atoms with Gasteiger partial charge in [0.25, 0.3) is 0 Å². The molecule has 1 saturated heterocycles. The standard InChI is InChI=1S/C14H15NO3/c1-15-7-5-11-12(3-2-4-13(11)15)14(16)18-10-6-8-17-9-10/h2-5,7,10H,6,8-9H2,1H3. The van der Waals surface area contributed by atoms with E-state index in [1.165, 1.54) is 0 Å². The molecule has 0 bridgehead atoms. The van der Waals surface area contributed by atoms with Gasteiger partial charge in [0.1, 0.15) is 6.10 Å². The molecule has 1 fully saturated rings. The van der Waals surface area contributed by atoms with Crippen molar-refractivity contribution in [1.29, 1.82) is 0 Å². The lowest BCUT2D eigenvalue weighted by Gasteiger charge is -2.10. The highest BCUT2D eigenvalue weighted by Crippen LogP contribution is 2.21. The van der Waals surface area contributed by atoms with Crippen LogP contribution in [0.3, 0.4) is 0 Å². The minimum atomic E-state index is -0.262. The summed E-state index contributed by atoms with van der Waals surface area (Å²) < 4.78 is 12.6. The molecular weight excluding hydrogens is 230 g/mol. The van der Waals surface area contributed by atoms with Gasteiger partial charge in [-0.3, -0.25) is 0 Å². The first-order valence-electron chi connectivity index (χ1n) is 6.08. The average Bonchev–Trinajstić information content (AvgIpc) is 3.00. The van der Waals surface area contributed by atoms with Gasteiger partial charge in [-0.15, -0.1) is 0 Å². The molecule has 18 heavy (non-hydrogen) atoms. The van der Waals surface area contributed by atoms with Gasteiger partial charge in [-0.1, -0.05) is 6.07 Å². The highest BCUT2D eigenvalue weighted by molar-refractivity contribution is 6.03. The summed E-state index contributed by atoms with van der Waals surface area (Å²) in [5, 5.41) is 0.934. The van der Waals surface area contributed by atoms with E-state index in [1.807, 2.05) is 36.0 Å². The van der Waals surface area contributed by atoms with E-state index in [9.17, 15) is 4.79 Å².